The first-order valence-corrected chi connectivity index (χ1v) is 4.22. The Balaban J connectivity index is 2.11. The Bertz CT molecular complexity index is 161. The van der Waals surface area contributed by atoms with E-state index in [1.165, 1.54) is 0 Å². The van der Waals surface area contributed by atoms with Crippen LogP contribution < -0.4 is 5.32 Å². The van der Waals surface area contributed by atoms with E-state index in [4.69, 9.17) is 15.1 Å². The molecule has 0 bridgehead atoms. The molecule has 0 aromatic carbocycles. The lowest BCUT2D eigenvalue weighted by Crippen LogP contribution is -2.36. The predicted octanol–water partition coefficient (Wildman–Crippen LogP) is -0.361. The quantitative estimate of drug-likeness (QED) is 0.604. The van der Waals surface area contributed by atoms with Gasteiger partial charge in [0.25, 0.3) is 0 Å². The molecule has 4 heteroatoms. The summed E-state index contributed by atoms with van der Waals surface area (Å²) in [4.78, 5) is 0. The lowest BCUT2D eigenvalue weighted by Gasteiger charge is -2.12. The average Bonchev–Trinajstić information content (AvgIpc) is 2.59. The van der Waals surface area contributed by atoms with Crippen LogP contribution in [0, 0.1) is 11.3 Å². The third-order valence-corrected chi connectivity index (χ3v) is 1.95. The zero-order chi connectivity index (χ0) is 8.81. The van der Waals surface area contributed by atoms with E-state index in [0.29, 0.717) is 6.54 Å². The number of hydrogen-bond acceptors (Lipinski definition) is 4. The number of ether oxygens (including phenoxy) is 1. The number of nitriles is 1. The van der Waals surface area contributed by atoms with E-state index in [2.05, 4.69) is 5.32 Å². The van der Waals surface area contributed by atoms with Gasteiger partial charge in [0.15, 0.2) is 0 Å². The summed E-state index contributed by atoms with van der Waals surface area (Å²) in [6.07, 6.45) is 2.38. The van der Waals surface area contributed by atoms with Gasteiger partial charge in [-0.05, 0) is 12.8 Å². The molecule has 68 valence electrons. The summed E-state index contributed by atoms with van der Waals surface area (Å²) >= 11 is 0. The van der Waals surface area contributed by atoms with Crippen molar-refractivity contribution >= 4 is 0 Å². The van der Waals surface area contributed by atoms with Gasteiger partial charge in [0, 0.05) is 13.2 Å². The number of hydrogen-bond donors (Lipinski definition) is 2. The van der Waals surface area contributed by atoms with E-state index >= 15 is 0 Å². The van der Waals surface area contributed by atoms with E-state index in [1.54, 1.807) is 0 Å². The Morgan fingerprint density at radius 1 is 1.75 bits per heavy atom. The maximum atomic E-state index is 8.67. The van der Waals surface area contributed by atoms with Crippen LogP contribution in [0.2, 0.25) is 0 Å². The lowest BCUT2D eigenvalue weighted by atomic mass is 10.2. The highest BCUT2D eigenvalue weighted by atomic mass is 16.5. The smallest absolute Gasteiger partial charge is 0.119 e. The summed E-state index contributed by atoms with van der Waals surface area (Å²) in [6, 6.07) is 1.51. The molecule has 0 saturated carbocycles. The molecule has 1 aliphatic rings. The molecule has 1 rings (SSSR count). The molecular formula is C8H14N2O2. The average molecular weight is 170 g/mol. The van der Waals surface area contributed by atoms with E-state index < -0.39 is 6.04 Å². The van der Waals surface area contributed by atoms with Gasteiger partial charge in [-0.15, -0.1) is 0 Å². The van der Waals surface area contributed by atoms with Crippen molar-refractivity contribution in [2.24, 2.45) is 0 Å². The fraction of sp³-hybridized carbons (Fsp3) is 0.875. The Hall–Kier alpha value is -0.630. The van der Waals surface area contributed by atoms with Crippen molar-refractivity contribution in [1.29, 1.82) is 5.26 Å². The van der Waals surface area contributed by atoms with Crippen LogP contribution in [-0.4, -0.2) is 37.0 Å². The Morgan fingerprint density at radius 2 is 2.58 bits per heavy atom. The summed E-state index contributed by atoms with van der Waals surface area (Å²) in [7, 11) is 0. The van der Waals surface area contributed by atoms with Gasteiger partial charge in [-0.25, -0.2) is 0 Å². The van der Waals surface area contributed by atoms with Crippen molar-refractivity contribution in [3.05, 3.63) is 0 Å². The molecular weight excluding hydrogens is 156 g/mol. The number of aliphatic hydroxyl groups excluding tert-OH is 1. The fourth-order valence-electron chi connectivity index (χ4n) is 1.23. The molecule has 0 aromatic rings. The molecule has 1 heterocycles. The number of aliphatic hydroxyl groups is 1. The van der Waals surface area contributed by atoms with E-state index in [9.17, 15) is 0 Å². The van der Waals surface area contributed by atoms with Gasteiger partial charge in [0.2, 0.25) is 0 Å². The maximum absolute atomic E-state index is 8.67. The number of nitrogens with zero attached hydrogens (tertiary/aromatic N) is 1. The van der Waals surface area contributed by atoms with Gasteiger partial charge in [0.05, 0.1) is 18.8 Å². The molecule has 0 aromatic heterocycles. The maximum Gasteiger partial charge on any atom is 0.119 e. The van der Waals surface area contributed by atoms with Gasteiger partial charge in [0.1, 0.15) is 6.04 Å². The van der Waals surface area contributed by atoms with Gasteiger partial charge < -0.3 is 9.84 Å². The van der Waals surface area contributed by atoms with E-state index in [0.717, 1.165) is 19.4 Å². The van der Waals surface area contributed by atoms with Crippen LogP contribution in [0.25, 0.3) is 0 Å². The molecule has 2 unspecified atom stereocenters. The van der Waals surface area contributed by atoms with Crippen molar-refractivity contribution in [2.45, 2.75) is 25.0 Å². The van der Waals surface area contributed by atoms with Gasteiger partial charge in [-0.2, -0.15) is 5.26 Å². The topological polar surface area (TPSA) is 65.3 Å². The monoisotopic (exact) mass is 170 g/mol. The van der Waals surface area contributed by atoms with Gasteiger partial charge >= 0.3 is 0 Å². The largest absolute Gasteiger partial charge is 0.394 e. The van der Waals surface area contributed by atoms with Crippen molar-refractivity contribution < 1.29 is 9.84 Å². The highest BCUT2D eigenvalue weighted by molar-refractivity contribution is 4.89. The van der Waals surface area contributed by atoms with Crippen molar-refractivity contribution in [1.82, 2.24) is 5.32 Å². The number of nitrogens with one attached hydrogen (secondary N) is 1. The molecule has 2 atom stereocenters. The van der Waals surface area contributed by atoms with Crippen LogP contribution in [0.1, 0.15) is 12.8 Å². The minimum atomic E-state index is -0.450. The summed E-state index contributed by atoms with van der Waals surface area (Å²) < 4.78 is 5.34. The summed E-state index contributed by atoms with van der Waals surface area (Å²) in [6.45, 7) is 1.35. The Kier molecular flexibility index (Phi) is 4.01. The van der Waals surface area contributed by atoms with Crippen LogP contribution in [0.15, 0.2) is 0 Å². The number of rotatable bonds is 4. The second kappa shape index (κ2) is 5.09. The third kappa shape index (κ3) is 2.78. The highest BCUT2D eigenvalue weighted by Crippen LogP contribution is 2.10. The van der Waals surface area contributed by atoms with Gasteiger partial charge in [-0.1, -0.05) is 0 Å². The van der Waals surface area contributed by atoms with Crippen LogP contribution in [0.4, 0.5) is 0 Å². The molecule has 0 aliphatic carbocycles. The first kappa shape index (κ1) is 9.46. The minimum absolute atomic E-state index is 0.136. The molecule has 1 saturated heterocycles. The third-order valence-electron chi connectivity index (χ3n) is 1.95. The zero-order valence-corrected chi connectivity index (χ0v) is 6.99. The summed E-state index contributed by atoms with van der Waals surface area (Å²) in [5.74, 6) is 0. The second-order valence-electron chi connectivity index (χ2n) is 2.91. The Labute approximate surface area is 72.1 Å². The first-order valence-electron chi connectivity index (χ1n) is 4.22. The van der Waals surface area contributed by atoms with Crippen molar-refractivity contribution in [3.8, 4) is 6.07 Å². The Morgan fingerprint density at radius 3 is 3.08 bits per heavy atom. The van der Waals surface area contributed by atoms with Crippen molar-refractivity contribution in [3.63, 3.8) is 0 Å². The van der Waals surface area contributed by atoms with E-state index in [-0.39, 0.29) is 12.7 Å². The molecule has 12 heavy (non-hydrogen) atoms. The fourth-order valence-corrected chi connectivity index (χ4v) is 1.23. The predicted molar refractivity (Wildman–Crippen MR) is 43.5 cm³/mol. The summed E-state index contributed by atoms with van der Waals surface area (Å²) in [5, 5.41) is 20.1. The van der Waals surface area contributed by atoms with Gasteiger partial charge in [-0.3, -0.25) is 5.32 Å². The van der Waals surface area contributed by atoms with Crippen LogP contribution in [0.5, 0.6) is 0 Å². The van der Waals surface area contributed by atoms with Crippen LogP contribution in [0.3, 0.4) is 0 Å². The highest BCUT2D eigenvalue weighted by Gasteiger charge is 2.16. The molecule has 0 radical (unpaired) electrons. The SMILES string of the molecule is N#CC(CO)NCC1CCCO1. The summed E-state index contributed by atoms with van der Waals surface area (Å²) in [5.41, 5.74) is 0. The molecule has 0 spiro atoms. The molecule has 1 fully saturated rings. The minimum Gasteiger partial charge on any atom is -0.394 e. The van der Waals surface area contributed by atoms with Crippen molar-refractivity contribution in [2.75, 3.05) is 19.8 Å². The molecule has 4 nitrogen and oxygen atoms in total. The first-order chi connectivity index (χ1) is 5.86. The molecule has 0 amide bonds. The zero-order valence-electron chi connectivity index (χ0n) is 6.99. The normalized spacial score (nSPS) is 25.2. The molecule has 2 N–H and O–H groups in total. The van der Waals surface area contributed by atoms with Crippen LogP contribution >= 0.6 is 0 Å². The molecule has 1 aliphatic heterocycles. The standard InChI is InChI=1S/C8H14N2O2/c9-4-7(6-11)10-5-8-2-1-3-12-8/h7-8,10-11H,1-3,5-6H2. The van der Waals surface area contributed by atoms with E-state index in [1.807, 2.05) is 6.07 Å². The second-order valence-corrected chi connectivity index (χ2v) is 2.91. The lowest BCUT2D eigenvalue weighted by molar-refractivity contribution is 0.106. The van der Waals surface area contributed by atoms with Crippen LogP contribution in [-0.2, 0) is 4.74 Å².